The Bertz CT molecular complexity index is 1120. The van der Waals surface area contributed by atoms with Gasteiger partial charge in [0.15, 0.2) is 0 Å². The minimum Gasteiger partial charge on any atom is -0.497 e. The van der Waals surface area contributed by atoms with Gasteiger partial charge in [0.1, 0.15) is 5.75 Å². The third kappa shape index (κ3) is 7.42. The molecule has 190 valence electrons. The van der Waals surface area contributed by atoms with Crippen LogP contribution in [0.4, 0.5) is 0 Å². The molecule has 2 amide bonds. The molecule has 3 aromatic rings. The maximum Gasteiger partial charge on any atom is 0.242 e. The van der Waals surface area contributed by atoms with Crippen molar-refractivity contribution in [2.75, 3.05) is 26.8 Å². The van der Waals surface area contributed by atoms with Gasteiger partial charge in [-0.3, -0.25) is 9.59 Å². The number of amides is 2. The summed E-state index contributed by atoms with van der Waals surface area (Å²) < 4.78 is 11.0. The summed E-state index contributed by atoms with van der Waals surface area (Å²) in [5.41, 5.74) is 1.95. The predicted molar refractivity (Wildman–Crippen MR) is 142 cm³/mol. The van der Waals surface area contributed by atoms with E-state index in [1.165, 1.54) is 4.88 Å². The van der Waals surface area contributed by atoms with Crippen LogP contribution in [0.15, 0.2) is 66.7 Å². The van der Waals surface area contributed by atoms with Gasteiger partial charge in [-0.15, -0.1) is 11.3 Å². The fraction of sp³-hybridized carbons (Fsp3) is 0.379. The molecule has 0 radical (unpaired) electrons. The molecule has 2 aromatic carbocycles. The van der Waals surface area contributed by atoms with E-state index in [0.29, 0.717) is 26.2 Å². The van der Waals surface area contributed by atoms with Crippen LogP contribution in [0.2, 0.25) is 0 Å². The van der Waals surface area contributed by atoms with Crippen LogP contribution in [0.1, 0.15) is 33.7 Å². The van der Waals surface area contributed by atoms with Gasteiger partial charge in [0.25, 0.3) is 0 Å². The quantitative estimate of drug-likeness (QED) is 0.373. The second kappa shape index (κ2) is 12.7. The molecule has 1 aliphatic rings. The van der Waals surface area contributed by atoms with E-state index in [0.717, 1.165) is 34.6 Å². The molecule has 0 saturated carbocycles. The van der Waals surface area contributed by atoms with E-state index < -0.39 is 0 Å². The zero-order valence-corrected chi connectivity index (χ0v) is 21.8. The first-order chi connectivity index (χ1) is 17.5. The van der Waals surface area contributed by atoms with Crippen molar-refractivity contribution in [3.8, 4) is 5.75 Å². The van der Waals surface area contributed by atoms with Gasteiger partial charge in [-0.25, -0.2) is 0 Å². The van der Waals surface area contributed by atoms with Gasteiger partial charge in [0, 0.05) is 29.5 Å². The van der Waals surface area contributed by atoms with Crippen molar-refractivity contribution >= 4 is 23.2 Å². The van der Waals surface area contributed by atoms with Crippen molar-refractivity contribution in [2.24, 2.45) is 0 Å². The van der Waals surface area contributed by atoms with Crippen molar-refractivity contribution in [3.63, 3.8) is 0 Å². The monoisotopic (exact) mass is 506 g/mol. The van der Waals surface area contributed by atoms with Crippen LogP contribution in [0.25, 0.3) is 0 Å². The van der Waals surface area contributed by atoms with Crippen LogP contribution in [-0.2, 0) is 33.8 Å². The number of rotatable bonds is 11. The van der Waals surface area contributed by atoms with Crippen molar-refractivity contribution in [1.82, 2.24) is 9.80 Å². The second-order valence-corrected chi connectivity index (χ2v) is 10.6. The van der Waals surface area contributed by atoms with Crippen LogP contribution in [0.5, 0.6) is 5.75 Å². The zero-order chi connectivity index (χ0) is 25.3. The largest absolute Gasteiger partial charge is 0.497 e. The van der Waals surface area contributed by atoms with Crippen LogP contribution in [-0.4, -0.2) is 54.5 Å². The number of hydrogen-bond acceptors (Lipinski definition) is 5. The van der Waals surface area contributed by atoms with Crippen LogP contribution >= 0.6 is 11.3 Å². The maximum absolute atomic E-state index is 13.7. The number of methoxy groups -OCH3 is 1. The van der Waals surface area contributed by atoms with Gasteiger partial charge in [-0.2, -0.15) is 0 Å². The molecule has 7 heteroatoms. The standard InChI is InChI=1S/C29H34N2O4S/c1-22-10-15-27(36-22)20-30(18-24-7-4-3-5-8-24)29(33)21-31(19-26-9-6-16-35-26)28(32)17-23-11-13-25(34-2)14-12-23/h3-5,7-8,10-15,26H,6,9,16-21H2,1-2H3. The first-order valence-electron chi connectivity index (χ1n) is 12.4. The Morgan fingerprint density at radius 2 is 1.72 bits per heavy atom. The van der Waals surface area contributed by atoms with Gasteiger partial charge >= 0.3 is 0 Å². The van der Waals surface area contributed by atoms with Crippen LogP contribution in [0, 0.1) is 6.92 Å². The smallest absolute Gasteiger partial charge is 0.242 e. The van der Waals surface area contributed by atoms with Crippen molar-refractivity contribution in [3.05, 3.63) is 87.6 Å². The Labute approximate surface area is 217 Å². The van der Waals surface area contributed by atoms with E-state index in [-0.39, 0.29) is 30.9 Å². The number of thiophene rings is 1. The number of aryl methyl sites for hydroxylation is 1. The summed E-state index contributed by atoms with van der Waals surface area (Å²) in [5, 5.41) is 0. The molecular weight excluding hydrogens is 472 g/mol. The molecule has 6 nitrogen and oxygen atoms in total. The molecule has 1 aliphatic heterocycles. The summed E-state index contributed by atoms with van der Waals surface area (Å²) in [7, 11) is 1.62. The lowest BCUT2D eigenvalue weighted by molar-refractivity contribution is -0.142. The molecule has 2 heterocycles. The summed E-state index contributed by atoms with van der Waals surface area (Å²) >= 11 is 1.70. The van der Waals surface area contributed by atoms with Gasteiger partial charge in [-0.1, -0.05) is 42.5 Å². The van der Waals surface area contributed by atoms with E-state index in [1.807, 2.05) is 59.5 Å². The molecule has 1 aromatic heterocycles. The van der Waals surface area contributed by atoms with Gasteiger partial charge < -0.3 is 19.3 Å². The predicted octanol–water partition coefficient (Wildman–Crippen LogP) is 4.84. The van der Waals surface area contributed by atoms with Crippen molar-refractivity contribution in [1.29, 1.82) is 0 Å². The number of carbonyl (C=O) groups excluding carboxylic acids is 2. The molecule has 1 atom stereocenters. The summed E-state index contributed by atoms with van der Waals surface area (Å²) in [5.74, 6) is 0.611. The normalized spacial score (nSPS) is 15.0. The minimum atomic E-state index is -0.0735. The van der Waals surface area contributed by atoms with Crippen LogP contribution in [0.3, 0.4) is 0 Å². The van der Waals surface area contributed by atoms with Crippen LogP contribution < -0.4 is 4.74 Å². The van der Waals surface area contributed by atoms with E-state index in [1.54, 1.807) is 23.3 Å². The van der Waals surface area contributed by atoms with Gasteiger partial charge in [0.2, 0.25) is 11.8 Å². The molecule has 4 rings (SSSR count). The topological polar surface area (TPSA) is 59.1 Å². The highest BCUT2D eigenvalue weighted by atomic mass is 32.1. The molecule has 1 unspecified atom stereocenters. The molecule has 1 fully saturated rings. The summed E-state index contributed by atoms with van der Waals surface area (Å²) in [6.07, 6.45) is 2.09. The first-order valence-corrected chi connectivity index (χ1v) is 13.2. The minimum absolute atomic E-state index is 0.0277. The highest BCUT2D eigenvalue weighted by Gasteiger charge is 2.26. The van der Waals surface area contributed by atoms with Gasteiger partial charge in [0.05, 0.1) is 32.7 Å². The summed E-state index contributed by atoms with van der Waals surface area (Å²) in [6, 6.07) is 21.6. The fourth-order valence-electron chi connectivity index (χ4n) is 4.38. The third-order valence-electron chi connectivity index (χ3n) is 6.35. The lowest BCUT2D eigenvalue weighted by Crippen LogP contribution is -2.45. The Kier molecular flexibility index (Phi) is 9.14. The summed E-state index contributed by atoms with van der Waals surface area (Å²) in [4.78, 5) is 32.9. The molecule has 0 spiro atoms. The summed E-state index contributed by atoms with van der Waals surface area (Å²) in [6.45, 7) is 4.25. The number of nitrogens with zero attached hydrogens (tertiary/aromatic N) is 2. The number of hydrogen-bond donors (Lipinski definition) is 0. The fourth-order valence-corrected chi connectivity index (χ4v) is 5.28. The second-order valence-electron chi connectivity index (χ2n) is 9.18. The van der Waals surface area contributed by atoms with E-state index in [2.05, 4.69) is 19.1 Å². The Morgan fingerprint density at radius 3 is 2.36 bits per heavy atom. The highest BCUT2D eigenvalue weighted by Crippen LogP contribution is 2.20. The Balaban J connectivity index is 1.50. The maximum atomic E-state index is 13.7. The zero-order valence-electron chi connectivity index (χ0n) is 21.0. The van der Waals surface area contributed by atoms with E-state index >= 15 is 0 Å². The molecule has 0 N–H and O–H groups in total. The lowest BCUT2D eigenvalue weighted by Gasteiger charge is -2.29. The lowest BCUT2D eigenvalue weighted by atomic mass is 10.1. The number of carbonyl (C=O) groups is 2. The molecule has 36 heavy (non-hydrogen) atoms. The number of benzene rings is 2. The van der Waals surface area contributed by atoms with Crippen molar-refractivity contribution in [2.45, 2.75) is 45.4 Å². The molecule has 0 aliphatic carbocycles. The molecule has 1 saturated heterocycles. The SMILES string of the molecule is COc1ccc(CC(=O)N(CC(=O)N(Cc2ccccc2)Cc2ccc(C)s2)CC2CCCO2)cc1. The van der Waals surface area contributed by atoms with Crippen molar-refractivity contribution < 1.29 is 19.1 Å². The van der Waals surface area contributed by atoms with E-state index in [4.69, 9.17) is 9.47 Å². The molecular formula is C29H34N2O4S. The van der Waals surface area contributed by atoms with E-state index in [9.17, 15) is 9.59 Å². The first kappa shape index (κ1) is 25.9. The number of ether oxygens (including phenoxy) is 2. The average molecular weight is 507 g/mol. The average Bonchev–Trinajstić information content (AvgIpc) is 3.55. The highest BCUT2D eigenvalue weighted by molar-refractivity contribution is 7.11. The van der Waals surface area contributed by atoms with Gasteiger partial charge in [-0.05, 0) is 55.2 Å². The molecule has 0 bridgehead atoms. The Morgan fingerprint density at radius 1 is 0.944 bits per heavy atom. The third-order valence-corrected chi connectivity index (χ3v) is 7.34. The Hall–Kier alpha value is -3.16.